The third-order valence-electron chi connectivity index (χ3n) is 3.35. The number of alkyl halides is 1. The molecule has 0 bridgehead atoms. The molecule has 0 amide bonds. The predicted octanol–water partition coefficient (Wildman–Crippen LogP) is 3.55. The van der Waals surface area contributed by atoms with Gasteiger partial charge in [-0.2, -0.15) is 0 Å². The minimum atomic E-state index is 0.612. The molecule has 0 aliphatic heterocycles. The number of aromatic nitrogens is 2. The summed E-state index contributed by atoms with van der Waals surface area (Å²) in [4.78, 5) is 4.71. The Morgan fingerprint density at radius 3 is 2.89 bits per heavy atom. The molecule has 1 aromatic carbocycles. The van der Waals surface area contributed by atoms with Gasteiger partial charge in [0.2, 0.25) is 0 Å². The number of para-hydroxylation sites is 1. The van der Waals surface area contributed by atoms with E-state index in [0.29, 0.717) is 5.88 Å². The summed E-state index contributed by atoms with van der Waals surface area (Å²) in [6, 6.07) is 6.27. The van der Waals surface area contributed by atoms with Gasteiger partial charge in [0, 0.05) is 32.6 Å². The van der Waals surface area contributed by atoms with Crippen molar-refractivity contribution in [1.29, 1.82) is 0 Å². The summed E-state index contributed by atoms with van der Waals surface area (Å²) >= 11 is 5.89. The first-order valence-corrected chi connectivity index (χ1v) is 7.31. The molecule has 19 heavy (non-hydrogen) atoms. The van der Waals surface area contributed by atoms with E-state index in [2.05, 4.69) is 29.7 Å². The Bertz CT molecular complexity index is 536. The van der Waals surface area contributed by atoms with Crippen molar-refractivity contribution in [2.24, 2.45) is 0 Å². The Morgan fingerprint density at radius 2 is 2.16 bits per heavy atom. The molecule has 0 radical (unpaired) electrons. The van der Waals surface area contributed by atoms with Crippen LogP contribution in [0.15, 0.2) is 18.2 Å². The number of imidazole rings is 1. The molecular weight excluding hydrogens is 260 g/mol. The zero-order chi connectivity index (χ0) is 13.7. The monoisotopic (exact) mass is 280 g/mol. The molecule has 1 heterocycles. The van der Waals surface area contributed by atoms with E-state index in [9.17, 15) is 0 Å². The Morgan fingerprint density at radius 1 is 1.32 bits per heavy atom. The van der Waals surface area contributed by atoms with Crippen LogP contribution in [0.25, 0.3) is 11.0 Å². The molecule has 1 aromatic heterocycles. The van der Waals surface area contributed by atoms with Crippen LogP contribution in [0.5, 0.6) is 0 Å². The lowest BCUT2D eigenvalue weighted by Crippen LogP contribution is -2.06. The Kier molecular flexibility index (Phi) is 5.23. The molecular formula is C15H21ClN2O. The van der Waals surface area contributed by atoms with Crippen molar-refractivity contribution in [2.75, 3.05) is 19.6 Å². The number of aryl methyl sites for hydroxylation is 3. The van der Waals surface area contributed by atoms with Crippen LogP contribution < -0.4 is 0 Å². The van der Waals surface area contributed by atoms with Crippen molar-refractivity contribution < 1.29 is 4.74 Å². The van der Waals surface area contributed by atoms with Gasteiger partial charge >= 0.3 is 0 Å². The van der Waals surface area contributed by atoms with E-state index in [1.54, 1.807) is 7.11 Å². The fourth-order valence-corrected chi connectivity index (χ4v) is 2.61. The largest absolute Gasteiger partial charge is 0.385 e. The van der Waals surface area contributed by atoms with Crippen molar-refractivity contribution >= 4 is 22.6 Å². The number of nitrogens with zero attached hydrogens (tertiary/aromatic N) is 2. The van der Waals surface area contributed by atoms with Crippen LogP contribution in [0, 0.1) is 6.92 Å². The summed E-state index contributed by atoms with van der Waals surface area (Å²) in [6.45, 7) is 3.94. The molecule has 2 aromatic rings. The molecule has 0 saturated carbocycles. The molecule has 0 fully saturated rings. The van der Waals surface area contributed by atoms with Gasteiger partial charge in [-0.15, -0.1) is 11.6 Å². The molecule has 3 nitrogen and oxygen atoms in total. The van der Waals surface area contributed by atoms with Gasteiger partial charge in [0.1, 0.15) is 5.82 Å². The number of halogens is 1. The average molecular weight is 281 g/mol. The number of hydrogen-bond acceptors (Lipinski definition) is 2. The SMILES string of the molecule is COCCCCn1c(CCCl)nc2cccc(C)c21. The molecule has 0 aliphatic rings. The van der Waals surface area contributed by atoms with Gasteiger partial charge in [-0.25, -0.2) is 4.98 Å². The fourth-order valence-electron chi connectivity index (χ4n) is 2.45. The van der Waals surface area contributed by atoms with Crippen LogP contribution in [-0.4, -0.2) is 29.1 Å². The second-order valence-corrected chi connectivity index (χ2v) is 5.14. The predicted molar refractivity (Wildman–Crippen MR) is 80.0 cm³/mol. The van der Waals surface area contributed by atoms with Crippen LogP contribution >= 0.6 is 11.6 Å². The average Bonchev–Trinajstić information content (AvgIpc) is 2.74. The van der Waals surface area contributed by atoms with Crippen LogP contribution in [0.3, 0.4) is 0 Å². The van der Waals surface area contributed by atoms with Crippen LogP contribution in [0.4, 0.5) is 0 Å². The van der Waals surface area contributed by atoms with Gasteiger partial charge in [-0.05, 0) is 31.4 Å². The Labute approximate surface area is 119 Å². The smallest absolute Gasteiger partial charge is 0.111 e. The van der Waals surface area contributed by atoms with Gasteiger partial charge in [-0.3, -0.25) is 0 Å². The third-order valence-corrected chi connectivity index (χ3v) is 3.53. The Hall–Kier alpha value is -1.06. The lowest BCUT2D eigenvalue weighted by Gasteiger charge is -2.09. The number of benzene rings is 1. The zero-order valence-corrected chi connectivity index (χ0v) is 12.4. The number of rotatable bonds is 7. The summed E-state index contributed by atoms with van der Waals surface area (Å²) < 4.78 is 7.43. The van der Waals surface area contributed by atoms with Gasteiger partial charge in [0.05, 0.1) is 11.0 Å². The van der Waals surface area contributed by atoms with Gasteiger partial charge in [0.15, 0.2) is 0 Å². The maximum absolute atomic E-state index is 5.89. The molecule has 4 heteroatoms. The van der Waals surface area contributed by atoms with Crippen LogP contribution in [0.2, 0.25) is 0 Å². The second-order valence-electron chi connectivity index (χ2n) is 4.76. The van der Waals surface area contributed by atoms with Crippen LogP contribution in [-0.2, 0) is 17.7 Å². The van der Waals surface area contributed by atoms with Gasteiger partial charge in [0.25, 0.3) is 0 Å². The molecule has 2 rings (SSSR count). The van der Waals surface area contributed by atoms with Crippen molar-refractivity contribution in [2.45, 2.75) is 32.7 Å². The van der Waals surface area contributed by atoms with Gasteiger partial charge < -0.3 is 9.30 Å². The minimum Gasteiger partial charge on any atom is -0.385 e. The summed E-state index contributed by atoms with van der Waals surface area (Å²) in [5.41, 5.74) is 3.60. The topological polar surface area (TPSA) is 27.1 Å². The maximum Gasteiger partial charge on any atom is 0.111 e. The Balaban J connectivity index is 2.28. The van der Waals surface area contributed by atoms with Gasteiger partial charge in [-0.1, -0.05) is 12.1 Å². The number of methoxy groups -OCH3 is 1. The summed E-state index contributed by atoms with van der Waals surface area (Å²) in [5.74, 6) is 1.71. The minimum absolute atomic E-state index is 0.612. The first-order valence-electron chi connectivity index (χ1n) is 6.77. The molecule has 0 atom stereocenters. The standard InChI is InChI=1S/C15H21ClN2O/c1-12-6-5-7-13-15(12)18(10-3-4-11-19-2)14(17-13)8-9-16/h5-7H,3-4,8-11H2,1-2H3. The second kappa shape index (κ2) is 6.92. The number of ether oxygens (including phenoxy) is 1. The van der Waals surface area contributed by atoms with E-state index < -0.39 is 0 Å². The molecule has 0 N–H and O–H groups in total. The van der Waals surface area contributed by atoms with E-state index >= 15 is 0 Å². The number of fused-ring (bicyclic) bond motifs is 1. The van der Waals surface area contributed by atoms with E-state index in [4.69, 9.17) is 21.3 Å². The van der Waals surface area contributed by atoms with Crippen molar-refractivity contribution in [3.63, 3.8) is 0 Å². The lowest BCUT2D eigenvalue weighted by atomic mass is 10.2. The first kappa shape index (κ1) is 14.4. The van der Waals surface area contributed by atoms with E-state index in [1.807, 2.05) is 0 Å². The lowest BCUT2D eigenvalue weighted by molar-refractivity contribution is 0.191. The zero-order valence-electron chi connectivity index (χ0n) is 11.7. The highest BCUT2D eigenvalue weighted by Crippen LogP contribution is 2.21. The van der Waals surface area contributed by atoms with Crippen LogP contribution in [0.1, 0.15) is 24.2 Å². The normalized spacial score (nSPS) is 11.3. The number of hydrogen-bond donors (Lipinski definition) is 0. The van der Waals surface area contributed by atoms with Crippen molar-refractivity contribution in [3.05, 3.63) is 29.6 Å². The van der Waals surface area contributed by atoms with Crippen molar-refractivity contribution in [3.8, 4) is 0 Å². The summed E-state index contributed by atoms with van der Waals surface area (Å²) in [7, 11) is 1.75. The van der Waals surface area contributed by atoms with Crippen molar-refractivity contribution in [1.82, 2.24) is 9.55 Å². The highest BCUT2D eigenvalue weighted by molar-refractivity contribution is 6.17. The summed E-state index contributed by atoms with van der Waals surface area (Å²) in [6.07, 6.45) is 2.99. The highest BCUT2D eigenvalue weighted by atomic mass is 35.5. The number of unbranched alkanes of at least 4 members (excludes halogenated alkanes) is 1. The maximum atomic E-state index is 5.89. The third kappa shape index (κ3) is 3.28. The van der Waals surface area contributed by atoms with E-state index in [0.717, 1.165) is 43.8 Å². The molecule has 104 valence electrons. The molecule has 0 spiro atoms. The van der Waals surface area contributed by atoms with E-state index in [1.165, 1.54) is 11.1 Å². The van der Waals surface area contributed by atoms with E-state index in [-0.39, 0.29) is 0 Å². The fraction of sp³-hybridized carbons (Fsp3) is 0.533. The molecule has 0 saturated heterocycles. The highest BCUT2D eigenvalue weighted by Gasteiger charge is 2.11. The molecule has 0 unspecified atom stereocenters. The summed E-state index contributed by atoms with van der Waals surface area (Å²) in [5, 5.41) is 0. The molecule has 0 aliphatic carbocycles. The first-order chi connectivity index (χ1) is 9.27. The quantitative estimate of drug-likeness (QED) is 0.573.